The van der Waals surface area contributed by atoms with E-state index in [0.29, 0.717) is 17.9 Å². The largest absolute Gasteiger partial charge is 0.497 e. The number of anilines is 1. The van der Waals surface area contributed by atoms with Crippen LogP contribution in [0.5, 0.6) is 11.5 Å². The maximum Gasteiger partial charge on any atom is 0.265 e. The Morgan fingerprint density at radius 3 is 2.57 bits per heavy atom. The van der Waals surface area contributed by atoms with Crippen molar-refractivity contribution in [2.45, 2.75) is 33.3 Å². The zero-order chi connectivity index (χ0) is 16.8. The minimum atomic E-state index is -0.554. The van der Waals surface area contributed by atoms with E-state index >= 15 is 0 Å². The van der Waals surface area contributed by atoms with Gasteiger partial charge in [0, 0.05) is 11.8 Å². The third kappa shape index (κ3) is 4.49. The average molecular weight is 313 g/mol. The highest BCUT2D eigenvalue weighted by Gasteiger charge is 2.19. The molecule has 4 heteroatoms. The molecule has 2 aromatic rings. The molecule has 0 spiro atoms. The van der Waals surface area contributed by atoms with Gasteiger partial charge in [0.2, 0.25) is 0 Å². The van der Waals surface area contributed by atoms with Crippen molar-refractivity contribution in [3.63, 3.8) is 0 Å². The highest BCUT2D eigenvalue weighted by Crippen LogP contribution is 2.22. The summed E-state index contributed by atoms with van der Waals surface area (Å²) in [5.74, 6) is 1.17. The quantitative estimate of drug-likeness (QED) is 0.873. The normalized spacial score (nSPS) is 11.7. The number of aryl methyl sites for hydroxylation is 2. The fourth-order valence-corrected chi connectivity index (χ4v) is 2.24. The number of rotatable bonds is 6. The Labute approximate surface area is 137 Å². The summed E-state index contributed by atoms with van der Waals surface area (Å²) in [5.41, 5.74) is 2.95. The Hall–Kier alpha value is -2.49. The lowest BCUT2D eigenvalue weighted by molar-refractivity contribution is -0.122. The number of hydrogen-bond donors (Lipinski definition) is 1. The Balaban J connectivity index is 2.10. The van der Waals surface area contributed by atoms with Gasteiger partial charge in [-0.25, -0.2) is 0 Å². The minimum absolute atomic E-state index is 0.149. The zero-order valence-corrected chi connectivity index (χ0v) is 14.1. The van der Waals surface area contributed by atoms with Gasteiger partial charge in [0.25, 0.3) is 5.91 Å². The van der Waals surface area contributed by atoms with E-state index in [1.807, 2.05) is 57.2 Å². The second-order valence-electron chi connectivity index (χ2n) is 5.50. The van der Waals surface area contributed by atoms with Crippen molar-refractivity contribution in [3.8, 4) is 11.5 Å². The Kier molecular flexibility index (Phi) is 5.63. The number of carbonyl (C=O) groups is 1. The molecule has 4 nitrogen and oxygen atoms in total. The highest BCUT2D eigenvalue weighted by molar-refractivity contribution is 5.95. The van der Waals surface area contributed by atoms with E-state index in [-0.39, 0.29) is 5.91 Å². The third-order valence-corrected chi connectivity index (χ3v) is 3.63. The Bertz CT molecular complexity index is 682. The summed E-state index contributed by atoms with van der Waals surface area (Å²) in [6, 6.07) is 13.2. The van der Waals surface area contributed by atoms with Crippen LogP contribution < -0.4 is 14.8 Å². The number of amides is 1. The minimum Gasteiger partial charge on any atom is -0.497 e. The summed E-state index contributed by atoms with van der Waals surface area (Å²) in [6.07, 6.45) is 0.0236. The molecule has 122 valence electrons. The van der Waals surface area contributed by atoms with Crippen LogP contribution in [0.25, 0.3) is 0 Å². The number of nitrogens with one attached hydrogen (secondary N) is 1. The molecule has 0 radical (unpaired) electrons. The first kappa shape index (κ1) is 16.9. The van der Waals surface area contributed by atoms with Crippen LogP contribution in [-0.2, 0) is 4.79 Å². The van der Waals surface area contributed by atoms with Crippen molar-refractivity contribution in [2.75, 3.05) is 12.4 Å². The maximum absolute atomic E-state index is 12.5. The molecule has 0 fully saturated rings. The van der Waals surface area contributed by atoms with Crippen molar-refractivity contribution in [3.05, 3.63) is 53.6 Å². The second-order valence-corrected chi connectivity index (χ2v) is 5.50. The second kappa shape index (κ2) is 7.68. The van der Waals surface area contributed by atoms with Gasteiger partial charge in [-0.2, -0.15) is 0 Å². The van der Waals surface area contributed by atoms with Gasteiger partial charge in [-0.15, -0.1) is 0 Å². The van der Waals surface area contributed by atoms with Crippen LogP contribution in [0.3, 0.4) is 0 Å². The first-order valence-electron chi connectivity index (χ1n) is 7.72. The smallest absolute Gasteiger partial charge is 0.265 e. The Morgan fingerprint density at radius 1 is 1.13 bits per heavy atom. The van der Waals surface area contributed by atoms with Gasteiger partial charge < -0.3 is 14.8 Å². The molecule has 1 atom stereocenters. The monoisotopic (exact) mass is 313 g/mol. The van der Waals surface area contributed by atoms with E-state index in [4.69, 9.17) is 9.47 Å². The number of methoxy groups -OCH3 is 1. The summed E-state index contributed by atoms with van der Waals surface area (Å²) in [7, 11) is 1.60. The summed E-state index contributed by atoms with van der Waals surface area (Å²) in [6.45, 7) is 5.89. The molecule has 0 bridgehead atoms. The van der Waals surface area contributed by atoms with Crippen LogP contribution >= 0.6 is 0 Å². The molecule has 1 N–H and O–H groups in total. The third-order valence-electron chi connectivity index (χ3n) is 3.63. The molecule has 0 heterocycles. The number of carbonyl (C=O) groups excluding carboxylic acids is 1. The van der Waals surface area contributed by atoms with E-state index in [1.54, 1.807) is 13.2 Å². The lowest BCUT2D eigenvalue weighted by Gasteiger charge is -2.18. The lowest BCUT2D eigenvalue weighted by Crippen LogP contribution is -2.32. The molecular weight excluding hydrogens is 290 g/mol. The van der Waals surface area contributed by atoms with Gasteiger partial charge in [0.05, 0.1) is 7.11 Å². The zero-order valence-electron chi connectivity index (χ0n) is 14.1. The van der Waals surface area contributed by atoms with Crippen LogP contribution in [-0.4, -0.2) is 19.1 Å². The van der Waals surface area contributed by atoms with E-state index in [0.717, 1.165) is 16.8 Å². The molecule has 0 saturated carbocycles. The van der Waals surface area contributed by atoms with E-state index in [1.165, 1.54) is 0 Å². The van der Waals surface area contributed by atoms with Gasteiger partial charge >= 0.3 is 0 Å². The topological polar surface area (TPSA) is 47.6 Å². The summed E-state index contributed by atoms with van der Waals surface area (Å²) in [5, 5.41) is 2.96. The van der Waals surface area contributed by atoms with Gasteiger partial charge in [0.15, 0.2) is 6.10 Å². The molecule has 1 unspecified atom stereocenters. The average Bonchev–Trinajstić information content (AvgIpc) is 2.56. The van der Waals surface area contributed by atoms with Crippen LogP contribution in [0.4, 0.5) is 5.69 Å². The molecule has 0 aromatic heterocycles. The summed E-state index contributed by atoms with van der Waals surface area (Å²) >= 11 is 0. The van der Waals surface area contributed by atoms with Crippen molar-refractivity contribution in [1.82, 2.24) is 0 Å². The summed E-state index contributed by atoms with van der Waals surface area (Å²) in [4.78, 5) is 12.5. The van der Waals surface area contributed by atoms with Gasteiger partial charge in [-0.1, -0.05) is 25.1 Å². The van der Waals surface area contributed by atoms with Crippen molar-refractivity contribution >= 4 is 11.6 Å². The SMILES string of the molecule is CCC(Oc1cccc(OC)c1)C(=O)Nc1cc(C)ccc1C. The molecular formula is C19H23NO3. The van der Waals surface area contributed by atoms with Gasteiger partial charge in [0.1, 0.15) is 11.5 Å². The van der Waals surface area contributed by atoms with Crippen molar-refractivity contribution in [1.29, 1.82) is 0 Å². The van der Waals surface area contributed by atoms with Crippen LogP contribution in [0.2, 0.25) is 0 Å². The number of ether oxygens (including phenoxy) is 2. The molecule has 1 amide bonds. The lowest BCUT2D eigenvalue weighted by atomic mass is 10.1. The molecule has 0 saturated heterocycles. The van der Waals surface area contributed by atoms with Gasteiger partial charge in [-0.3, -0.25) is 4.79 Å². The van der Waals surface area contributed by atoms with Crippen LogP contribution in [0, 0.1) is 13.8 Å². The van der Waals surface area contributed by atoms with Crippen molar-refractivity contribution in [2.24, 2.45) is 0 Å². The molecule has 23 heavy (non-hydrogen) atoms. The highest BCUT2D eigenvalue weighted by atomic mass is 16.5. The van der Waals surface area contributed by atoms with Crippen molar-refractivity contribution < 1.29 is 14.3 Å². The maximum atomic E-state index is 12.5. The fraction of sp³-hybridized carbons (Fsp3) is 0.316. The predicted octanol–water partition coefficient (Wildman–Crippen LogP) is 4.11. The first-order chi connectivity index (χ1) is 11.0. The molecule has 2 aromatic carbocycles. The summed E-state index contributed by atoms with van der Waals surface area (Å²) < 4.78 is 11.0. The molecule has 0 aliphatic carbocycles. The van der Waals surface area contributed by atoms with Gasteiger partial charge in [-0.05, 0) is 49.6 Å². The standard InChI is InChI=1S/C19H23NO3/c1-5-18(23-16-8-6-7-15(12-16)22-4)19(21)20-17-11-13(2)9-10-14(17)3/h6-12,18H,5H2,1-4H3,(H,20,21). The van der Waals surface area contributed by atoms with E-state index in [2.05, 4.69) is 5.32 Å². The van der Waals surface area contributed by atoms with E-state index < -0.39 is 6.10 Å². The van der Waals surface area contributed by atoms with E-state index in [9.17, 15) is 4.79 Å². The molecule has 2 rings (SSSR count). The Morgan fingerprint density at radius 2 is 1.87 bits per heavy atom. The fourth-order valence-electron chi connectivity index (χ4n) is 2.24. The van der Waals surface area contributed by atoms with Crippen LogP contribution in [0.15, 0.2) is 42.5 Å². The molecule has 0 aliphatic rings. The predicted molar refractivity (Wildman–Crippen MR) is 92.2 cm³/mol. The molecule has 0 aliphatic heterocycles. The van der Waals surface area contributed by atoms with Crippen LogP contribution in [0.1, 0.15) is 24.5 Å². The first-order valence-corrected chi connectivity index (χ1v) is 7.72. The number of benzene rings is 2. The number of hydrogen-bond acceptors (Lipinski definition) is 3.